The quantitative estimate of drug-likeness (QED) is 0.530. The molecule has 152 valence electrons. The van der Waals surface area contributed by atoms with Crippen LogP contribution in [-0.2, 0) is 25.6 Å². The molecule has 0 saturated carbocycles. The molecule has 1 aromatic heterocycles. The number of nitrogens with zero attached hydrogens (tertiary/aromatic N) is 2. The molecule has 1 amide bonds. The third-order valence-corrected chi connectivity index (χ3v) is 5.48. The van der Waals surface area contributed by atoms with Crippen LogP contribution in [0, 0.1) is 6.92 Å². The van der Waals surface area contributed by atoms with Crippen molar-refractivity contribution in [1.82, 2.24) is 9.88 Å². The Morgan fingerprint density at radius 2 is 1.93 bits per heavy atom. The fourth-order valence-electron chi connectivity index (χ4n) is 3.16. The van der Waals surface area contributed by atoms with E-state index in [0.29, 0.717) is 16.3 Å². The van der Waals surface area contributed by atoms with E-state index in [4.69, 9.17) is 9.47 Å². The molecule has 1 aromatic carbocycles. The Bertz CT molecular complexity index is 1000. The maximum absolute atomic E-state index is 12.7. The number of carbonyl (C=O) groups excluding carboxylic acids is 3. The van der Waals surface area contributed by atoms with Crippen LogP contribution in [0.3, 0.4) is 0 Å². The van der Waals surface area contributed by atoms with E-state index in [2.05, 4.69) is 4.98 Å². The van der Waals surface area contributed by atoms with E-state index in [0.717, 1.165) is 16.5 Å². The molecule has 0 N–H and O–H groups in total. The summed E-state index contributed by atoms with van der Waals surface area (Å²) in [5.41, 5.74) is 2.26. The third kappa shape index (κ3) is 4.42. The summed E-state index contributed by atoms with van der Waals surface area (Å²) in [7, 11) is 0. The zero-order valence-corrected chi connectivity index (χ0v) is 17.4. The molecular formula is C21H22N2O5S. The van der Waals surface area contributed by atoms with Crippen LogP contribution in [0.15, 0.2) is 35.4 Å². The van der Waals surface area contributed by atoms with Crippen molar-refractivity contribution in [1.29, 1.82) is 0 Å². The first-order valence-corrected chi connectivity index (χ1v) is 10.3. The van der Waals surface area contributed by atoms with Gasteiger partial charge >= 0.3 is 11.9 Å². The highest BCUT2D eigenvalue weighted by Gasteiger charge is 2.30. The summed E-state index contributed by atoms with van der Waals surface area (Å²) in [5, 5.41) is 1.33. The van der Waals surface area contributed by atoms with E-state index in [-0.39, 0.29) is 31.4 Å². The van der Waals surface area contributed by atoms with Crippen LogP contribution in [0.5, 0.6) is 0 Å². The maximum atomic E-state index is 12.7. The Balaban J connectivity index is 2.06. The van der Waals surface area contributed by atoms with E-state index >= 15 is 0 Å². The number of para-hydroxylation sites is 1. The van der Waals surface area contributed by atoms with E-state index in [1.807, 2.05) is 31.2 Å². The summed E-state index contributed by atoms with van der Waals surface area (Å²) in [5.74, 6) is -0.934. The molecular weight excluding hydrogens is 392 g/mol. The summed E-state index contributed by atoms with van der Waals surface area (Å²) in [6, 6.07) is 7.50. The predicted octanol–water partition coefficient (Wildman–Crippen LogP) is 3.20. The number of ether oxygens (including phenoxy) is 2. The number of aryl methyl sites for hydroxylation is 1. The van der Waals surface area contributed by atoms with Crippen molar-refractivity contribution in [3.05, 3.63) is 52.2 Å². The topological polar surface area (TPSA) is 85.8 Å². The first-order chi connectivity index (χ1) is 14.0. The summed E-state index contributed by atoms with van der Waals surface area (Å²) in [6.07, 6.45) is 1.30. The van der Waals surface area contributed by atoms with Gasteiger partial charge in [-0.1, -0.05) is 30.0 Å². The van der Waals surface area contributed by atoms with Crippen molar-refractivity contribution < 1.29 is 23.9 Å². The monoisotopic (exact) mass is 414 g/mol. The standard InChI is InChI=1S/C21H22N2O5S/c1-4-27-19(25)10-18-23(17(24)12-29-18)11-16-20(21(26)28-5-2)13(3)14-8-6-7-9-15(14)22-16/h6-10H,4-5,11-12H2,1-3H3/b18-10-. The highest BCUT2D eigenvalue weighted by atomic mass is 32.2. The zero-order chi connectivity index (χ0) is 21.0. The maximum Gasteiger partial charge on any atom is 0.340 e. The Morgan fingerprint density at radius 1 is 1.21 bits per heavy atom. The average Bonchev–Trinajstić information content (AvgIpc) is 3.02. The minimum Gasteiger partial charge on any atom is -0.463 e. The van der Waals surface area contributed by atoms with Gasteiger partial charge in [0.25, 0.3) is 0 Å². The largest absolute Gasteiger partial charge is 0.463 e. The average molecular weight is 414 g/mol. The van der Waals surface area contributed by atoms with Crippen LogP contribution >= 0.6 is 11.8 Å². The lowest BCUT2D eigenvalue weighted by molar-refractivity contribution is -0.137. The molecule has 0 aliphatic carbocycles. The van der Waals surface area contributed by atoms with Gasteiger partial charge in [0.05, 0.1) is 53.4 Å². The minimum atomic E-state index is -0.511. The highest BCUT2D eigenvalue weighted by molar-refractivity contribution is 8.04. The molecule has 0 spiro atoms. The van der Waals surface area contributed by atoms with Crippen LogP contribution in [0.25, 0.3) is 10.9 Å². The number of fused-ring (bicyclic) bond motifs is 1. The number of rotatable bonds is 6. The summed E-state index contributed by atoms with van der Waals surface area (Å²) < 4.78 is 10.2. The lowest BCUT2D eigenvalue weighted by Crippen LogP contribution is -2.27. The number of carbonyl (C=O) groups is 3. The van der Waals surface area contributed by atoms with Crippen LogP contribution in [0.1, 0.15) is 35.5 Å². The van der Waals surface area contributed by atoms with Gasteiger partial charge in [-0.2, -0.15) is 0 Å². The second kappa shape index (κ2) is 9.09. The lowest BCUT2D eigenvalue weighted by Gasteiger charge is -2.20. The Hall–Kier alpha value is -2.87. The van der Waals surface area contributed by atoms with Crippen LogP contribution < -0.4 is 0 Å². The van der Waals surface area contributed by atoms with Gasteiger partial charge in [0, 0.05) is 5.39 Å². The number of esters is 2. The molecule has 1 aliphatic heterocycles. The van der Waals surface area contributed by atoms with E-state index in [1.54, 1.807) is 13.8 Å². The Labute approximate surface area is 173 Å². The predicted molar refractivity (Wildman–Crippen MR) is 110 cm³/mol. The van der Waals surface area contributed by atoms with Gasteiger partial charge in [0.2, 0.25) is 5.91 Å². The normalized spacial score (nSPS) is 15.2. The van der Waals surface area contributed by atoms with Gasteiger partial charge < -0.3 is 9.47 Å². The molecule has 1 aliphatic rings. The van der Waals surface area contributed by atoms with Crippen LogP contribution in [0.4, 0.5) is 0 Å². The number of benzene rings is 1. The van der Waals surface area contributed by atoms with Gasteiger partial charge in [0.15, 0.2) is 0 Å². The lowest BCUT2D eigenvalue weighted by atomic mass is 10.0. The molecule has 2 aromatic rings. The molecule has 1 saturated heterocycles. The molecule has 0 unspecified atom stereocenters. The Kier molecular flexibility index (Phi) is 6.53. The Morgan fingerprint density at radius 3 is 2.66 bits per heavy atom. The summed E-state index contributed by atoms with van der Waals surface area (Å²) >= 11 is 1.26. The first-order valence-electron chi connectivity index (χ1n) is 9.33. The number of pyridine rings is 1. The molecule has 1 fully saturated rings. The van der Waals surface area contributed by atoms with Crippen molar-refractivity contribution in [2.24, 2.45) is 0 Å². The second-order valence-corrected chi connectivity index (χ2v) is 7.29. The second-order valence-electron chi connectivity index (χ2n) is 6.30. The zero-order valence-electron chi connectivity index (χ0n) is 16.6. The molecule has 7 nitrogen and oxygen atoms in total. The smallest absolute Gasteiger partial charge is 0.340 e. The van der Waals surface area contributed by atoms with Gasteiger partial charge in [0.1, 0.15) is 0 Å². The number of hydrogen-bond donors (Lipinski definition) is 0. The fourth-order valence-corrected chi connectivity index (χ4v) is 4.09. The number of hydrogen-bond acceptors (Lipinski definition) is 7. The molecule has 0 radical (unpaired) electrons. The van der Waals surface area contributed by atoms with Gasteiger partial charge in [-0.25, -0.2) is 14.6 Å². The number of thioether (sulfide) groups is 1. The molecule has 8 heteroatoms. The van der Waals surface area contributed by atoms with Gasteiger partial charge in [-0.15, -0.1) is 0 Å². The van der Waals surface area contributed by atoms with E-state index < -0.39 is 11.9 Å². The molecule has 0 bridgehead atoms. The third-order valence-electron chi connectivity index (χ3n) is 4.45. The molecule has 0 atom stereocenters. The van der Waals surface area contributed by atoms with E-state index in [1.165, 1.54) is 22.7 Å². The molecule has 2 heterocycles. The van der Waals surface area contributed by atoms with Crippen LogP contribution in [-0.4, -0.2) is 46.7 Å². The highest BCUT2D eigenvalue weighted by Crippen LogP contribution is 2.32. The van der Waals surface area contributed by atoms with Crippen molar-refractivity contribution >= 4 is 40.5 Å². The molecule has 3 rings (SSSR count). The first kappa shape index (κ1) is 20.9. The number of amides is 1. The van der Waals surface area contributed by atoms with Gasteiger partial charge in [-0.05, 0) is 32.4 Å². The van der Waals surface area contributed by atoms with Crippen LogP contribution in [0.2, 0.25) is 0 Å². The molecule has 29 heavy (non-hydrogen) atoms. The van der Waals surface area contributed by atoms with Gasteiger partial charge in [-0.3, -0.25) is 9.69 Å². The summed E-state index contributed by atoms with van der Waals surface area (Å²) in [6.45, 7) is 5.85. The van der Waals surface area contributed by atoms with Crippen molar-refractivity contribution in [2.75, 3.05) is 19.0 Å². The van der Waals surface area contributed by atoms with Crippen molar-refractivity contribution in [2.45, 2.75) is 27.3 Å². The number of aromatic nitrogens is 1. The minimum absolute atomic E-state index is 0.0664. The van der Waals surface area contributed by atoms with Crippen molar-refractivity contribution in [3.8, 4) is 0 Å². The SMILES string of the molecule is CCOC(=O)/C=C1\SCC(=O)N1Cc1nc2ccccc2c(C)c1C(=O)OCC. The summed E-state index contributed by atoms with van der Waals surface area (Å²) in [4.78, 5) is 43.1. The fraction of sp³-hybridized carbons (Fsp3) is 0.333. The van der Waals surface area contributed by atoms with Crippen molar-refractivity contribution in [3.63, 3.8) is 0 Å². The van der Waals surface area contributed by atoms with E-state index in [9.17, 15) is 14.4 Å².